The number of imidazole rings is 1. The van der Waals surface area contributed by atoms with Gasteiger partial charge < -0.3 is 19.9 Å². The van der Waals surface area contributed by atoms with E-state index in [-0.39, 0.29) is 0 Å². The molecule has 2 heterocycles. The molecule has 1 unspecified atom stereocenters. The second-order valence-electron chi connectivity index (χ2n) is 5.99. The zero-order chi connectivity index (χ0) is 16.6. The van der Waals surface area contributed by atoms with E-state index in [2.05, 4.69) is 49.4 Å². The highest BCUT2D eigenvalue weighted by atomic mass is 16.5. The van der Waals surface area contributed by atoms with Crippen LogP contribution in [0.1, 0.15) is 24.0 Å². The van der Waals surface area contributed by atoms with Crippen LogP contribution in [0.15, 0.2) is 48.0 Å². The number of nitrogens with zero attached hydrogens (tertiary/aromatic N) is 3. The fourth-order valence-electron chi connectivity index (χ4n) is 2.78. The third kappa shape index (κ3) is 4.83. The molecule has 6 nitrogen and oxygen atoms in total. The topological polar surface area (TPSA) is 63.5 Å². The molecule has 1 aliphatic rings. The Balaban J connectivity index is 1.44. The lowest BCUT2D eigenvalue weighted by molar-refractivity contribution is 0.114. The predicted molar refractivity (Wildman–Crippen MR) is 94.9 cm³/mol. The van der Waals surface area contributed by atoms with Crippen molar-refractivity contribution in [1.82, 2.24) is 20.2 Å². The Labute approximate surface area is 143 Å². The van der Waals surface area contributed by atoms with Gasteiger partial charge in [-0.25, -0.2) is 4.98 Å². The molecule has 24 heavy (non-hydrogen) atoms. The van der Waals surface area contributed by atoms with Crippen LogP contribution in [0.5, 0.6) is 0 Å². The summed E-state index contributed by atoms with van der Waals surface area (Å²) in [6.07, 6.45) is 8.20. The van der Waals surface area contributed by atoms with Crippen molar-refractivity contribution >= 4 is 5.96 Å². The molecule has 0 bridgehead atoms. The summed E-state index contributed by atoms with van der Waals surface area (Å²) < 4.78 is 7.67. The standard InChI is InChI=1S/C18H25N5O/c1-19-18(22-12-17-3-2-10-24-17)21-11-15-4-6-16(7-5-15)13-23-9-8-20-14-23/h4-9,14,17H,2-3,10-13H2,1H3,(H2,19,21,22). The van der Waals surface area contributed by atoms with Gasteiger partial charge in [-0.3, -0.25) is 4.99 Å². The summed E-state index contributed by atoms with van der Waals surface area (Å²) in [7, 11) is 1.79. The largest absolute Gasteiger partial charge is 0.376 e. The number of guanidine groups is 1. The SMILES string of the molecule is CN=C(NCc1ccc(Cn2ccnc2)cc1)NCC1CCCO1. The molecular formula is C18H25N5O. The van der Waals surface area contributed by atoms with E-state index < -0.39 is 0 Å². The number of hydrogen-bond donors (Lipinski definition) is 2. The molecule has 0 saturated carbocycles. The summed E-state index contributed by atoms with van der Waals surface area (Å²) >= 11 is 0. The van der Waals surface area contributed by atoms with Crippen LogP contribution in [0.4, 0.5) is 0 Å². The van der Waals surface area contributed by atoms with Crippen molar-refractivity contribution in [3.05, 3.63) is 54.1 Å². The van der Waals surface area contributed by atoms with Crippen LogP contribution in [0.2, 0.25) is 0 Å². The maximum Gasteiger partial charge on any atom is 0.191 e. The third-order valence-electron chi connectivity index (χ3n) is 4.15. The fraction of sp³-hybridized carbons (Fsp3) is 0.444. The monoisotopic (exact) mass is 327 g/mol. The highest BCUT2D eigenvalue weighted by molar-refractivity contribution is 5.79. The summed E-state index contributed by atoms with van der Waals surface area (Å²) in [5, 5.41) is 6.67. The smallest absolute Gasteiger partial charge is 0.191 e. The minimum absolute atomic E-state index is 0.311. The zero-order valence-electron chi connectivity index (χ0n) is 14.1. The van der Waals surface area contributed by atoms with Crippen molar-refractivity contribution in [2.75, 3.05) is 20.2 Å². The molecule has 1 atom stereocenters. The number of hydrogen-bond acceptors (Lipinski definition) is 3. The van der Waals surface area contributed by atoms with E-state index in [1.807, 2.05) is 12.5 Å². The van der Waals surface area contributed by atoms with Gasteiger partial charge in [0.05, 0.1) is 12.4 Å². The van der Waals surface area contributed by atoms with Crippen LogP contribution >= 0.6 is 0 Å². The number of benzene rings is 1. The van der Waals surface area contributed by atoms with E-state index in [4.69, 9.17) is 4.74 Å². The average Bonchev–Trinajstić information content (AvgIpc) is 3.30. The van der Waals surface area contributed by atoms with Gasteiger partial charge in [0.1, 0.15) is 0 Å². The van der Waals surface area contributed by atoms with Gasteiger partial charge in [-0.05, 0) is 24.0 Å². The van der Waals surface area contributed by atoms with Crippen LogP contribution in [0.3, 0.4) is 0 Å². The van der Waals surface area contributed by atoms with Crippen LogP contribution in [0, 0.1) is 0 Å². The second-order valence-corrected chi connectivity index (χ2v) is 5.99. The van der Waals surface area contributed by atoms with Crippen LogP contribution < -0.4 is 10.6 Å². The predicted octanol–water partition coefficient (Wildman–Crippen LogP) is 1.78. The number of ether oxygens (including phenoxy) is 1. The van der Waals surface area contributed by atoms with E-state index >= 15 is 0 Å². The van der Waals surface area contributed by atoms with Gasteiger partial charge in [-0.1, -0.05) is 24.3 Å². The Morgan fingerprint density at radius 2 is 2.12 bits per heavy atom. The lowest BCUT2D eigenvalue weighted by Crippen LogP contribution is -2.40. The number of aliphatic imine (C=N–C) groups is 1. The van der Waals surface area contributed by atoms with Crippen LogP contribution in [-0.4, -0.2) is 41.8 Å². The van der Waals surface area contributed by atoms with Gasteiger partial charge in [0, 0.05) is 45.7 Å². The summed E-state index contributed by atoms with van der Waals surface area (Å²) in [5.41, 5.74) is 2.49. The molecule has 0 aliphatic carbocycles. The van der Waals surface area contributed by atoms with Crippen molar-refractivity contribution in [2.45, 2.75) is 32.0 Å². The van der Waals surface area contributed by atoms with Crippen molar-refractivity contribution in [3.63, 3.8) is 0 Å². The molecule has 2 N–H and O–H groups in total. The summed E-state index contributed by atoms with van der Waals surface area (Å²) in [4.78, 5) is 8.32. The Bertz CT molecular complexity index is 630. The molecular weight excluding hydrogens is 302 g/mol. The molecule has 6 heteroatoms. The molecule has 1 fully saturated rings. The first-order chi connectivity index (χ1) is 11.8. The molecule has 0 radical (unpaired) electrons. The molecule has 3 rings (SSSR count). The lowest BCUT2D eigenvalue weighted by Gasteiger charge is -2.15. The van der Waals surface area contributed by atoms with E-state index in [1.165, 1.54) is 11.1 Å². The highest BCUT2D eigenvalue weighted by Gasteiger charge is 2.15. The Kier molecular flexibility index (Phi) is 5.85. The number of aromatic nitrogens is 2. The van der Waals surface area contributed by atoms with E-state index in [9.17, 15) is 0 Å². The average molecular weight is 327 g/mol. The lowest BCUT2D eigenvalue weighted by atomic mass is 10.1. The molecule has 128 valence electrons. The summed E-state index contributed by atoms with van der Waals surface area (Å²) in [6.45, 7) is 3.28. The molecule has 0 amide bonds. The Morgan fingerprint density at radius 1 is 1.29 bits per heavy atom. The molecule has 1 aromatic carbocycles. The first kappa shape index (κ1) is 16.5. The van der Waals surface area contributed by atoms with Gasteiger partial charge in [0.25, 0.3) is 0 Å². The van der Waals surface area contributed by atoms with Gasteiger partial charge in [-0.2, -0.15) is 0 Å². The highest BCUT2D eigenvalue weighted by Crippen LogP contribution is 2.10. The molecule has 0 spiro atoms. The van der Waals surface area contributed by atoms with Gasteiger partial charge in [0.15, 0.2) is 5.96 Å². The number of nitrogens with one attached hydrogen (secondary N) is 2. The quantitative estimate of drug-likeness (QED) is 0.627. The minimum Gasteiger partial charge on any atom is -0.376 e. The zero-order valence-corrected chi connectivity index (χ0v) is 14.1. The van der Waals surface area contributed by atoms with Crippen molar-refractivity contribution in [1.29, 1.82) is 0 Å². The van der Waals surface area contributed by atoms with Crippen molar-refractivity contribution in [3.8, 4) is 0 Å². The van der Waals surface area contributed by atoms with Crippen molar-refractivity contribution < 1.29 is 4.74 Å². The Hall–Kier alpha value is -2.34. The summed E-state index contributed by atoms with van der Waals surface area (Å²) in [6, 6.07) is 8.60. The van der Waals surface area contributed by atoms with E-state index in [0.29, 0.717) is 6.10 Å². The Morgan fingerprint density at radius 3 is 2.79 bits per heavy atom. The molecule has 1 aliphatic heterocycles. The first-order valence-corrected chi connectivity index (χ1v) is 8.43. The maximum atomic E-state index is 5.62. The van der Waals surface area contributed by atoms with E-state index in [1.54, 1.807) is 13.2 Å². The van der Waals surface area contributed by atoms with E-state index in [0.717, 1.165) is 45.0 Å². The van der Waals surface area contributed by atoms with Gasteiger partial charge in [0.2, 0.25) is 0 Å². The van der Waals surface area contributed by atoms with Gasteiger partial charge in [-0.15, -0.1) is 0 Å². The number of rotatable bonds is 6. The molecule has 1 saturated heterocycles. The third-order valence-corrected chi connectivity index (χ3v) is 4.15. The summed E-state index contributed by atoms with van der Waals surface area (Å²) in [5.74, 6) is 0.813. The van der Waals surface area contributed by atoms with Gasteiger partial charge >= 0.3 is 0 Å². The van der Waals surface area contributed by atoms with Crippen LogP contribution in [-0.2, 0) is 17.8 Å². The minimum atomic E-state index is 0.311. The van der Waals surface area contributed by atoms with Crippen LogP contribution in [0.25, 0.3) is 0 Å². The molecule has 2 aromatic rings. The normalized spacial score (nSPS) is 17.9. The molecule has 1 aromatic heterocycles. The second kappa shape index (κ2) is 8.49. The fourth-order valence-corrected chi connectivity index (χ4v) is 2.78. The first-order valence-electron chi connectivity index (χ1n) is 8.43. The van der Waals surface area contributed by atoms with Crippen molar-refractivity contribution in [2.24, 2.45) is 4.99 Å². The maximum absolute atomic E-state index is 5.62.